The second kappa shape index (κ2) is 6.00. The molecule has 0 unspecified atom stereocenters. The van der Waals surface area contributed by atoms with Gasteiger partial charge in [0.05, 0.1) is 23.8 Å². The molecule has 0 aliphatic carbocycles. The first-order valence-electron chi connectivity index (χ1n) is 5.62. The highest BCUT2D eigenvalue weighted by molar-refractivity contribution is 5.93. The van der Waals surface area contributed by atoms with E-state index < -0.39 is 4.92 Å². The van der Waals surface area contributed by atoms with Crippen LogP contribution in [0.25, 0.3) is 0 Å². The zero-order valence-corrected chi connectivity index (χ0v) is 10.6. The number of ether oxygens (including phenoxy) is 1. The summed E-state index contributed by atoms with van der Waals surface area (Å²) < 4.78 is 5.03. The number of benzene rings is 1. The topological polar surface area (TPSA) is 81.5 Å². The van der Waals surface area contributed by atoms with Gasteiger partial charge < -0.3 is 10.1 Å². The maximum absolute atomic E-state index is 11.7. The first-order chi connectivity index (χ1) is 8.49. The largest absolute Gasteiger partial charge is 0.494 e. The zero-order chi connectivity index (χ0) is 13.7. The lowest BCUT2D eigenvalue weighted by Crippen LogP contribution is -2.20. The number of carbonyl (C=O) groups excluding carboxylic acids is 1. The van der Waals surface area contributed by atoms with Crippen molar-refractivity contribution >= 4 is 17.3 Å². The number of nitrogens with one attached hydrogen (secondary N) is 1. The maximum Gasteiger partial charge on any atom is 0.273 e. The minimum Gasteiger partial charge on any atom is -0.494 e. The number of amides is 1. The molecule has 0 saturated carbocycles. The summed E-state index contributed by atoms with van der Waals surface area (Å²) in [5.74, 6) is 0.0235. The number of anilines is 1. The van der Waals surface area contributed by atoms with Gasteiger partial charge in [0.15, 0.2) is 0 Å². The molecule has 0 aromatic heterocycles. The fourth-order valence-corrected chi connectivity index (χ4v) is 1.34. The average molecular weight is 252 g/mol. The molecule has 1 amide bonds. The molecule has 6 nitrogen and oxygen atoms in total. The summed E-state index contributed by atoms with van der Waals surface area (Å²) in [5, 5.41) is 13.3. The van der Waals surface area contributed by atoms with Gasteiger partial charge in [-0.2, -0.15) is 0 Å². The average Bonchev–Trinajstić information content (AvgIpc) is 2.37. The Bertz CT molecular complexity index is 459. The lowest BCUT2D eigenvalue weighted by atomic mass is 10.1. The minimum absolute atomic E-state index is 0.0756. The van der Waals surface area contributed by atoms with E-state index in [4.69, 9.17) is 4.74 Å². The van der Waals surface area contributed by atoms with Gasteiger partial charge in [-0.25, -0.2) is 0 Å². The third-order valence-corrected chi connectivity index (χ3v) is 2.71. The summed E-state index contributed by atoms with van der Waals surface area (Å²) in [4.78, 5) is 21.8. The van der Waals surface area contributed by atoms with E-state index in [2.05, 4.69) is 5.32 Å². The Labute approximate surface area is 105 Å². The van der Waals surface area contributed by atoms with Crippen LogP contribution >= 0.6 is 0 Å². The molecule has 0 radical (unpaired) electrons. The van der Waals surface area contributed by atoms with Crippen molar-refractivity contribution in [2.24, 2.45) is 5.92 Å². The van der Waals surface area contributed by atoms with Crippen LogP contribution in [0.15, 0.2) is 18.2 Å². The number of rotatable bonds is 5. The van der Waals surface area contributed by atoms with Gasteiger partial charge in [0.2, 0.25) is 5.91 Å². The molecule has 0 spiro atoms. The summed E-state index contributed by atoms with van der Waals surface area (Å²) >= 11 is 0. The molecule has 0 bridgehead atoms. The van der Waals surface area contributed by atoms with Gasteiger partial charge in [-0.05, 0) is 12.5 Å². The van der Waals surface area contributed by atoms with Crippen LogP contribution in [-0.2, 0) is 4.79 Å². The molecule has 1 aromatic rings. The summed E-state index contributed by atoms with van der Waals surface area (Å²) in [7, 11) is 1.40. The molecule has 0 aliphatic heterocycles. The van der Waals surface area contributed by atoms with Gasteiger partial charge in [0.25, 0.3) is 5.69 Å². The lowest BCUT2D eigenvalue weighted by molar-refractivity contribution is -0.384. The van der Waals surface area contributed by atoms with E-state index in [1.165, 1.54) is 25.3 Å². The number of hydrogen-bond donors (Lipinski definition) is 1. The van der Waals surface area contributed by atoms with Crippen molar-refractivity contribution < 1.29 is 14.5 Å². The Morgan fingerprint density at radius 1 is 1.56 bits per heavy atom. The third-order valence-electron chi connectivity index (χ3n) is 2.71. The molecule has 1 N–H and O–H groups in total. The van der Waals surface area contributed by atoms with Gasteiger partial charge in [-0.15, -0.1) is 0 Å². The normalized spacial score (nSPS) is 11.7. The number of nitro groups is 1. The Hall–Kier alpha value is -2.11. The van der Waals surface area contributed by atoms with Gasteiger partial charge in [-0.1, -0.05) is 13.8 Å². The van der Waals surface area contributed by atoms with Crippen molar-refractivity contribution in [2.75, 3.05) is 12.4 Å². The van der Waals surface area contributed by atoms with E-state index in [-0.39, 0.29) is 23.3 Å². The summed E-state index contributed by atoms with van der Waals surface area (Å²) in [5.41, 5.74) is 0.363. The summed E-state index contributed by atoms with van der Waals surface area (Å²) in [6.07, 6.45) is 0.723. The van der Waals surface area contributed by atoms with Crippen LogP contribution in [0.5, 0.6) is 5.75 Å². The Balaban J connectivity index is 2.96. The van der Waals surface area contributed by atoms with Gasteiger partial charge in [-0.3, -0.25) is 14.9 Å². The summed E-state index contributed by atoms with van der Waals surface area (Å²) in [6, 6.07) is 4.08. The van der Waals surface area contributed by atoms with Crippen LogP contribution in [0.1, 0.15) is 20.3 Å². The van der Waals surface area contributed by atoms with E-state index in [1.807, 2.05) is 13.8 Å². The Morgan fingerprint density at radius 3 is 2.72 bits per heavy atom. The Kier molecular flexibility index (Phi) is 4.65. The molecule has 98 valence electrons. The van der Waals surface area contributed by atoms with E-state index in [1.54, 1.807) is 0 Å². The van der Waals surface area contributed by atoms with Crippen LogP contribution in [0, 0.1) is 16.0 Å². The number of nitrogens with zero attached hydrogens (tertiary/aromatic N) is 1. The minimum atomic E-state index is -0.511. The van der Waals surface area contributed by atoms with Gasteiger partial charge in [0.1, 0.15) is 5.75 Å². The highest BCUT2D eigenvalue weighted by atomic mass is 16.6. The highest BCUT2D eigenvalue weighted by Crippen LogP contribution is 2.29. The van der Waals surface area contributed by atoms with Crippen molar-refractivity contribution in [2.45, 2.75) is 20.3 Å². The second-order valence-electron chi connectivity index (χ2n) is 3.94. The van der Waals surface area contributed by atoms with E-state index >= 15 is 0 Å². The first-order valence-corrected chi connectivity index (χ1v) is 5.62. The molecule has 18 heavy (non-hydrogen) atoms. The molecule has 1 atom stereocenters. The third kappa shape index (κ3) is 3.19. The highest BCUT2D eigenvalue weighted by Gasteiger charge is 2.15. The molecule has 1 aromatic carbocycles. The summed E-state index contributed by atoms with van der Waals surface area (Å²) in [6.45, 7) is 3.73. The van der Waals surface area contributed by atoms with Crippen molar-refractivity contribution in [3.05, 3.63) is 28.3 Å². The first kappa shape index (κ1) is 14.0. The van der Waals surface area contributed by atoms with E-state index in [9.17, 15) is 14.9 Å². The molecule has 0 fully saturated rings. The molecule has 6 heteroatoms. The lowest BCUT2D eigenvalue weighted by Gasteiger charge is -2.12. The SMILES string of the molecule is CC[C@H](C)C(=O)Nc1ccc([N+](=O)[O-])cc1OC. The van der Waals surface area contributed by atoms with Crippen molar-refractivity contribution in [1.82, 2.24) is 0 Å². The fourth-order valence-electron chi connectivity index (χ4n) is 1.34. The molecular formula is C12H16N2O4. The molecular weight excluding hydrogens is 236 g/mol. The molecule has 0 heterocycles. The fraction of sp³-hybridized carbons (Fsp3) is 0.417. The van der Waals surface area contributed by atoms with Crippen LogP contribution < -0.4 is 10.1 Å². The number of nitro benzene ring substituents is 1. The van der Waals surface area contributed by atoms with Crippen LogP contribution in [-0.4, -0.2) is 17.9 Å². The van der Waals surface area contributed by atoms with Crippen molar-refractivity contribution in [3.8, 4) is 5.75 Å². The number of carbonyl (C=O) groups is 1. The molecule has 1 rings (SSSR count). The number of methoxy groups -OCH3 is 1. The van der Waals surface area contributed by atoms with Gasteiger partial charge >= 0.3 is 0 Å². The van der Waals surface area contributed by atoms with Crippen LogP contribution in [0.4, 0.5) is 11.4 Å². The quantitative estimate of drug-likeness (QED) is 0.645. The van der Waals surface area contributed by atoms with Gasteiger partial charge in [0, 0.05) is 12.0 Å². The van der Waals surface area contributed by atoms with Crippen LogP contribution in [0.3, 0.4) is 0 Å². The van der Waals surface area contributed by atoms with Crippen LogP contribution in [0.2, 0.25) is 0 Å². The smallest absolute Gasteiger partial charge is 0.273 e. The van der Waals surface area contributed by atoms with Crippen molar-refractivity contribution in [1.29, 1.82) is 0 Å². The predicted octanol–water partition coefficient (Wildman–Crippen LogP) is 2.59. The molecule has 0 aliphatic rings. The van der Waals surface area contributed by atoms with E-state index in [0.29, 0.717) is 5.69 Å². The predicted molar refractivity (Wildman–Crippen MR) is 67.7 cm³/mol. The monoisotopic (exact) mass is 252 g/mol. The van der Waals surface area contributed by atoms with E-state index in [0.717, 1.165) is 6.42 Å². The molecule has 0 saturated heterocycles. The number of non-ortho nitro benzene ring substituents is 1. The van der Waals surface area contributed by atoms with Crippen molar-refractivity contribution in [3.63, 3.8) is 0 Å². The zero-order valence-electron chi connectivity index (χ0n) is 10.6. The number of hydrogen-bond acceptors (Lipinski definition) is 4. The maximum atomic E-state index is 11.7. The second-order valence-corrected chi connectivity index (χ2v) is 3.94. The Morgan fingerprint density at radius 2 is 2.22 bits per heavy atom. The standard InChI is InChI=1S/C12H16N2O4/c1-4-8(2)12(15)13-10-6-5-9(14(16)17)7-11(10)18-3/h5-8H,4H2,1-3H3,(H,13,15)/t8-/m0/s1.